The van der Waals surface area contributed by atoms with Crippen molar-refractivity contribution in [3.63, 3.8) is 0 Å². The van der Waals surface area contributed by atoms with Crippen LogP contribution in [0.1, 0.15) is 13.8 Å². The van der Waals surface area contributed by atoms with Crippen LogP contribution in [0.5, 0.6) is 0 Å². The average Bonchev–Trinajstić information content (AvgIpc) is 1.98. The number of rotatable bonds is 6. The second-order valence-corrected chi connectivity index (χ2v) is 3.40. The van der Waals surface area contributed by atoms with Gasteiger partial charge < -0.3 is 10.8 Å². The van der Waals surface area contributed by atoms with Gasteiger partial charge in [-0.2, -0.15) is 0 Å². The van der Waals surface area contributed by atoms with Crippen molar-refractivity contribution in [2.24, 2.45) is 11.1 Å². The lowest BCUT2D eigenvalue weighted by Crippen LogP contribution is -2.34. The smallest absolute Gasteiger partial charge is 0.245 e. The molecule has 0 aliphatic carbocycles. The summed E-state index contributed by atoms with van der Waals surface area (Å²) in [6, 6.07) is 0. The van der Waals surface area contributed by atoms with E-state index >= 15 is 0 Å². The van der Waals surface area contributed by atoms with Gasteiger partial charge in [-0.25, -0.2) is 5.48 Å². The highest BCUT2D eigenvalue weighted by molar-refractivity contribution is 5.74. The first-order valence-corrected chi connectivity index (χ1v) is 3.72. The predicted molar refractivity (Wildman–Crippen MR) is 44.0 cm³/mol. The quantitative estimate of drug-likeness (QED) is 0.358. The van der Waals surface area contributed by atoms with E-state index in [1.54, 1.807) is 0 Å². The molecule has 72 valence electrons. The van der Waals surface area contributed by atoms with Crippen molar-refractivity contribution in [1.82, 2.24) is 5.48 Å². The molecule has 0 radical (unpaired) electrons. The van der Waals surface area contributed by atoms with E-state index in [0.29, 0.717) is 6.54 Å². The number of amides is 1. The molecule has 0 saturated carbocycles. The van der Waals surface area contributed by atoms with Gasteiger partial charge in [0.05, 0.1) is 0 Å². The van der Waals surface area contributed by atoms with Gasteiger partial charge in [0.2, 0.25) is 5.91 Å². The van der Waals surface area contributed by atoms with Gasteiger partial charge in [-0.15, -0.1) is 0 Å². The van der Waals surface area contributed by atoms with Crippen LogP contribution in [0, 0.1) is 5.41 Å². The van der Waals surface area contributed by atoms with Crippen LogP contribution >= 0.6 is 0 Å². The Morgan fingerprint density at radius 1 is 1.67 bits per heavy atom. The number of hydrogen-bond acceptors (Lipinski definition) is 4. The first-order chi connectivity index (χ1) is 5.48. The van der Waals surface area contributed by atoms with E-state index in [1.807, 2.05) is 13.8 Å². The lowest BCUT2D eigenvalue weighted by atomic mass is 9.96. The van der Waals surface area contributed by atoms with Crippen LogP contribution < -0.4 is 11.2 Å². The third kappa shape index (κ3) is 6.09. The van der Waals surface area contributed by atoms with E-state index in [0.717, 1.165) is 0 Å². The van der Waals surface area contributed by atoms with Gasteiger partial charge in [0.25, 0.3) is 0 Å². The van der Waals surface area contributed by atoms with Crippen molar-refractivity contribution in [1.29, 1.82) is 0 Å². The van der Waals surface area contributed by atoms with Crippen molar-refractivity contribution in [3.8, 4) is 0 Å². The molecule has 0 aliphatic rings. The molecule has 0 aromatic heterocycles. The Morgan fingerprint density at radius 2 is 2.25 bits per heavy atom. The molecular formula is C7H16N2O3. The van der Waals surface area contributed by atoms with Gasteiger partial charge in [-0.05, 0) is 0 Å². The summed E-state index contributed by atoms with van der Waals surface area (Å²) >= 11 is 0. The Labute approximate surface area is 71.8 Å². The Hall–Kier alpha value is -0.650. The van der Waals surface area contributed by atoms with Gasteiger partial charge in [-0.1, -0.05) is 13.8 Å². The maximum Gasteiger partial charge on any atom is 0.245 e. The highest BCUT2D eigenvalue weighted by Crippen LogP contribution is 2.10. The molecule has 0 unspecified atom stereocenters. The summed E-state index contributed by atoms with van der Waals surface area (Å²) in [7, 11) is 0. The Bertz CT molecular complexity index is 148. The van der Waals surface area contributed by atoms with Crippen LogP contribution in [0.2, 0.25) is 0 Å². The monoisotopic (exact) mass is 176 g/mol. The predicted octanol–water partition coefficient (Wildman–Crippen LogP) is -0.989. The minimum atomic E-state index is -0.524. The van der Waals surface area contributed by atoms with Crippen LogP contribution in [0.3, 0.4) is 0 Å². The highest BCUT2D eigenvalue weighted by Gasteiger charge is 2.15. The Morgan fingerprint density at radius 3 is 2.67 bits per heavy atom. The normalized spacial score (nSPS) is 11.6. The minimum Gasteiger partial charge on any atom is -0.396 e. The van der Waals surface area contributed by atoms with Gasteiger partial charge in [0, 0.05) is 18.6 Å². The van der Waals surface area contributed by atoms with Crippen LogP contribution in [-0.4, -0.2) is 30.8 Å². The van der Waals surface area contributed by atoms with Gasteiger partial charge in [0.15, 0.2) is 0 Å². The fraction of sp³-hybridized carbons (Fsp3) is 0.857. The van der Waals surface area contributed by atoms with Crippen molar-refractivity contribution in [2.45, 2.75) is 13.8 Å². The number of nitrogens with one attached hydrogen (secondary N) is 1. The van der Waals surface area contributed by atoms with E-state index < -0.39 is 5.91 Å². The average molecular weight is 176 g/mol. The first-order valence-electron chi connectivity index (χ1n) is 3.72. The maximum atomic E-state index is 10.2. The van der Waals surface area contributed by atoms with E-state index in [2.05, 4.69) is 5.48 Å². The van der Waals surface area contributed by atoms with E-state index in [4.69, 9.17) is 15.7 Å². The lowest BCUT2D eigenvalue weighted by Gasteiger charge is -2.21. The van der Waals surface area contributed by atoms with Crippen LogP contribution in [0.4, 0.5) is 0 Å². The lowest BCUT2D eigenvalue weighted by molar-refractivity contribution is -0.125. The molecule has 5 nitrogen and oxygen atoms in total. The number of carbonyl (C=O) groups is 1. The highest BCUT2D eigenvalue weighted by atomic mass is 16.6. The fourth-order valence-corrected chi connectivity index (χ4v) is 0.424. The molecule has 0 aliphatic heterocycles. The van der Waals surface area contributed by atoms with Gasteiger partial charge >= 0.3 is 0 Å². The molecule has 0 fully saturated rings. The largest absolute Gasteiger partial charge is 0.396 e. The topological polar surface area (TPSA) is 84.6 Å². The molecule has 0 saturated heterocycles. The van der Waals surface area contributed by atoms with Crippen molar-refractivity contribution < 1.29 is 14.7 Å². The number of hydroxylamine groups is 1. The number of aliphatic hydroxyl groups excluding tert-OH is 1. The van der Waals surface area contributed by atoms with E-state index in [1.165, 1.54) is 0 Å². The molecule has 4 N–H and O–H groups in total. The van der Waals surface area contributed by atoms with Crippen LogP contribution in [-0.2, 0) is 9.63 Å². The number of hydrogen-bond donors (Lipinski definition) is 3. The van der Waals surface area contributed by atoms with E-state index in [-0.39, 0.29) is 18.6 Å². The summed E-state index contributed by atoms with van der Waals surface area (Å²) in [5.74, 6) is -0.524. The molecule has 0 rings (SSSR count). The molecule has 0 heterocycles. The van der Waals surface area contributed by atoms with Crippen LogP contribution in [0.25, 0.3) is 0 Å². The third-order valence-electron chi connectivity index (χ3n) is 1.30. The van der Waals surface area contributed by atoms with Crippen molar-refractivity contribution >= 4 is 5.91 Å². The molecule has 0 aromatic rings. The zero-order chi connectivity index (χ0) is 9.61. The molecule has 1 amide bonds. The van der Waals surface area contributed by atoms with Gasteiger partial charge in [0.1, 0.15) is 6.61 Å². The second kappa shape index (κ2) is 5.08. The minimum absolute atomic E-state index is 0.0555. The molecule has 0 bridgehead atoms. The molecule has 0 spiro atoms. The Balaban J connectivity index is 3.37. The molecule has 0 aromatic carbocycles. The number of carbonyl (C=O) groups excluding carboxylic acids is 1. The number of primary amides is 1. The summed E-state index contributed by atoms with van der Waals surface area (Å²) in [6.07, 6.45) is 0. The summed E-state index contributed by atoms with van der Waals surface area (Å²) < 4.78 is 0. The standard InChI is InChI=1S/C7H16N2O3/c1-7(2,5-10)4-9-12-3-6(8)11/h9-10H,3-5H2,1-2H3,(H2,8,11). The van der Waals surface area contributed by atoms with Crippen LogP contribution in [0.15, 0.2) is 0 Å². The second-order valence-electron chi connectivity index (χ2n) is 3.40. The fourth-order valence-electron chi connectivity index (χ4n) is 0.424. The maximum absolute atomic E-state index is 10.2. The van der Waals surface area contributed by atoms with Gasteiger partial charge in [-0.3, -0.25) is 9.63 Å². The van der Waals surface area contributed by atoms with Crippen molar-refractivity contribution in [2.75, 3.05) is 19.8 Å². The summed E-state index contributed by atoms with van der Waals surface area (Å²) in [6.45, 7) is 4.11. The molecule has 5 heteroatoms. The summed E-state index contributed by atoms with van der Waals surface area (Å²) in [5.41, 5.74) is 7.12. The molecular weight excluding hydrogens is 160 g/mol. The molecule has 0 atom stereocenters. The Kier molecular flexibility index (Phi) is 4.80. The number of nitrogens with two attached hydrogens (primary N) is 1. The van der Waals surface area contributed by atoms with Crippen molar-refractivity contribution in [3.05, 3.63) is 0 Å². The third-order valence-corrected chi connectivity index (χ3v) is 1.30. The zero-order valence-corrected chi connectivity index (χ0v) is 7.46. The summed E-state index contributed by atoms with van der Waals surface area (Å²) in [5, 5.41) is 8.82. The zero-order valence-electron chi connectivity index (χ0n) is 7.46. The van der Waals surface area contributed by atoms with E-state index in [9.17, 15) is 4.79 Å². The summed E-state index contributed by atoms with van der Waals surface area (Å²) in [4.78, 5) is 14.9. The molecule has 12 heavy (non-hydrogen) atoms. The first kappa shape index (κ1) is 11.4. The SMILES string of the molecule is CC(C)(CO)CNOCC(N)=O. The number of aliphatic hydroxyl groups is 1.